The second-order valence-corrected chi connectivity index (χ2v) is 9.72. The van der Waals surface area contributed by atoms with Gasteiger partial charge in [0.15, 0.2) is 5.65 Å². The molecule has 0 unspecified atom stereocenters. The van der Waals surface area contributed by atoms with Crippen LogP contribution in [0.3, 0.4) is 0 Å². The number of fused-ring (bicyclic) bond motifs is 1. The largest absolute Gasteiger partial charge is 0.478 e. The Hall–Kier alpha value is -3.72. The summed E-state index contributed by atoms with van der Waals surface area (Å²) in [5.74, 6) is -1.62. The van der Waals surface area contributed by atoms with E-state index >= 15 is 0 Å². The maximum atomic E-state index is 13.1. The van der Waals surface area contributed by atoms with Crippen molar-refractivity contribution in [3.63, 3.8) is 0 Å². The molecule has 0 saturated carbocycles. The third-order valence-corrected chi connectivity index (χ3v) is 5.83. The molecule has 0 aliphatic carbocycles. The number of hydrogen-bond donors (Lipinski definition) is 1. The molecule has 1 N–H and O–H groups in total. The molecule has 8 nitrogen and oxygen atoms in total. The van der Waals surface area contributed by atoms with Crippen LogP contribution in [0.1, 0.15) is 31.9 Å². The summed E-state index contributed by atoms with van der Waals surface area (Å²) in [6, 6.07) is 9.27. The second kappa shape index (κ2) is 8.80. The summed E-state index contributed by atoms with van der Waals surface area (Å²) in [4.78, 5) is 26.8. The molecular weight excluding hydrogens is 432 g/mol. The molecular formula is C23H22N2O6S. The van der Waals surface area contributed by atoms with E-state index in [9.17, 15) is 18.0 Å². The van der Waals surface area contributed by atoms with Crippen molar-refractivity contribution in [3.05, 3.63) is 72.1 Å². The van der Waals surface area contributed by atoms with E-state index in [4.69, 9.17) is 9.84 Å². The van der Waals surface area contributed by atoms with E-state index in [1.54, 1.807) is 45.0 Å². The number of carbonyl (C=O) groups excluding carboxylic acids is 1. The van der Waals surface area contributed by atoms with E-state index in [0.29, 0.717) is 16.5 Å². The zero-order valence-electron chi connectivity index (χ0n) is 17.7. The van der Waals surface area contributed by atoms with Gasteiger partial charge in [0.25, 0.3) is 10.0 Å². The molecule has 3 rings (SSSR count). The van der Waals surface area contributed by atoms with E-state index in [1.165, 1.54) is 42.7 Å². The summed E-state index contributed by atoms with van der Waals surface area (Å²) in [6.07, 6.45) is 7.94. The number of esters is 1. The molecule has 3 aromatic rings. The minimum absolute atomic E-state index is 0.00163. The number of carbonyl (C=O) groups is 2. The van der Waals surface area contributed by atoms with Gasteiger partial charge >= 0.3 is 11.9 Å². The summed E-state index contributed by atoms with van der Waals surface area (Å²) < 4.78 is 32.6. The summed E-state index contributed by atoms with van der Waals surface area (Å²) in [5, 5.41) is 9.34. The van der Waals surface area contributed by atoms with Gasteiger partial charge < -0.3 is 9.84 Å². The van der Waals surface area contributed by atoms with Crippen molar-refractivity contribution in [2.45, 2.75) is 31.3 Å². The lowest BCUT2D eigenvalue weighted by Crippen LogP contribution is -2.22. The summed E-state index contributed by atoms with van der Waals surface area (Å²) in [5.41, 5.74) is 0.674. The zero-order chi connectivity index (χ0) is 23.5. The number of carboxylic acids is 1. The maximum Gasteiger partial charge on any atom is 0.331 e. The molecule has 0 aliphatic heterocycles. The molecule has 1 aromatic carbocycles. The smallest absolute Gasteiger partial charge is 0.331 e. The van der Waals surface area contributed by atoms with Crippen LogP contribution in [0.5, 0.6) is 0 Å². The molecule has 2 aromatic heterocycles. The minimum atomic E-state index is -3.96. The van der Waals surface area contributed by atoms with Gasteiger partial charge in [-0.05, 0) is 68.3 Å². The molecule has 0 fully saturated rings. The average Bonchev–Trinajstić information content (AvgIpc) is 3.14. The highest BCUT2D eigenvalue weighted by atomic mass is 32.2. The van der Waals surface area contributed by atoms with Gasteiger partial charge in [-0.1, -0.05) is 12.1 Å². The summed E-state index contributed by atoms with van der Waals surface area (Å²) in [6.45, 7) is 5.31. The zero-order valence-corrected chi connectivity index (χ0v) is 18.5. The summed E-state index contributed by atoms with van der Waals surface area (Å²) >= 11 is 0. The van der Waals surface area contributed by atoms with Crippen LogP contribution in [0.25, 0.3) is 23.2 Å². The standard InChI is InChI=1S/C23H22N2O6S/c1-23(2,3)31-21(28)10-8-17-13-18-11-12-25(22(18)24-15-17)32(29,30)19-6-4-5-16(14-19)7-9-20(26)27/h4-15H,1-3H3,(H,26,27). The molecule has 0 atom stereocenters. The van der Waals surface area contributed by atoms with Crippen molar-refractivity contribution in [2.75, 3.05) is 0 Å². The quantitative estimate of drug-likeness (QED) is 0.446. The van der Waals surface area contributed by atoms with Crippen molar-refractivity contribution in [1.29, 1.82) is 0 Å². The Bertz CT molecular complexity index is 1340. The highest BCUT2D eigenvalue weighted by Gasteiger charge is 2.20. The van der Waals surface area contributed by atoms with E-state index in [0.717, 1.165) is 10.0 Å². The normalized spacial score (nSPS) is 12.6. The highest BCUT2D eigenvalue weighted by Crippen LogP contribution is 2.23. The second-order valence-electron chi connectivity index (χ2n) is 7.91. The maximum absolute atomic E-state index is 13.1. The van der Waals surface area contributed by atoms with Gasteiger partial charge in [-0.2, -0.15) is 0 Å². The van der Waals surface area contributed by atoms with Gasteiger partial charge in [-0.15, -0.1) is 0 Å². The number of benzene rings is 1. The van der Waals surface area contributed by atoms with Gasteiger partial charge in [0.2, 0.25) is 0 Å². The Kier molecular flexibility index (Phi) is 6.31. The summed E-state index contributed by atoms with van der Waals surface area (Å²) in [7, 11) is -3.96. The fourth-order valence-electron chi connectivity index (χ4n) is 2.86. The Balaban J connectivity index is 1.91. The van der Waals surface area contributed by atoms with Crippen LogP contribution < -0.4 is 0 Å². The average molecular weight is 455 g/mol. The number of aliphatic carboxylic acids is 1. The van der Waals surface area contributed by atoms with Crippen molar-refractivity contribution in [1.82, 2.24) is 8.96 Å². The van der Waals surface area contributed by atoms with Gasteiger partial charge in [0, 0.05) is 29.9 Å². The van der Waals surface area contributed by atoms with Crippen LogP contribution in [-0.4, -0.2) is 40.0 Å². The first-order chi connectivity index (χ1) is 15.0. The molecule has 0 radical (unpaired) electrons. The van der Waals surface area contributed by atoms with Crippen LogP contribution in [0.15, 0.2) is 65.8 Å². The highest BCUT2D eigenvalue weighted by molar-refractivity contribution is 7.90. The predicted octanol–water partition coefficient (Wildman–Crippen LogP) is 3.73. The monoisotopic (exact) mass is 454 g/mol. The Morgan fingerprint density at radius 1 is 1.06 bits per heavy atom. The first kappa shape index (κ1) is 23.0. The lowest BCUT2D eigenvalue weighted by Gasteiger charge is -2.17. The molecule has 32 heavy (non-hydrogen) atoms. The molecule has 9 heteroatoms. The van der Waals surface area contributed by atoms with Crippen LogP contribution in [0, 0.1) is 0 Å². The van der Waals surface area contributed by atoms with Crippen LogP contribution in [0.4, 0.5) is 0 Å². The molecule has 0 amide bonds. The van der Waals surface area contributed by atoms with Gasteiger partial charge in [-0.3, -0.25) is 0 Å². The SMILES string of the molecule is CC(C)(C)OC(=O)C=Cc1cnc2c(ccn2S(=O)(=O)c2cccc(C=CC(=O)O)c2)c1. The molecule has 0 spiro atoms. The molecule has 0 saturated heterocycles. The number of aromatic nitrogens is 2. The lowest BCUT2D eigenvalue weighted by atomic mass is 10.2. The van der Waals surface area contributed by atoms with Gasteiger partial charge in [-0.25, -0.2) is 27.0 Å². The van der Waals surface area contributed by atoms with E-state index in [2.05, 4.69) is 4.98 Å². The molecule has 2 heterocycles. The number of hydrogen-bond acceptors (Lipinski definition) is 6. The fourth-order valence-corrected chi connectivity index (χ4v) is 4.23. The molecule has 166 valence electrons. The molecule has 0 bridgehead atoms. The van der Waals surface area contributed by atoms with Crippen LogP contribution in [-0.2, 0) is 24.3 Å². The van der Waals surface area contributed by atoms with Gasteiger partial charge in [0.1, 0.15) is 5.60 Å². The third-order valence-electron chi connectivity index (χ3n) is 4.17. The van der Waals surface area contributed by atoms with E-state index in [1.807, 2.05) is 0 Å². The Labute approximate surface area is 185 Å². The number of pyridine rings is 1. The Morgan fingerprint density at radius 2 is 1.78 bits per heavy atom. The van der Waals surface area contributed by atoms with Crippen molar-refractivity contribution >= 4 is 45.1 Å². The first-order valence-electron chi connectivity index (χ1n) is 9.60. The number of rotatable bonds is 6. The van der Waals surface area contributed by atoms with Crippen molar-refractivity contribution in [2.24, 2.45) is 0 Å². The first-order valence-corrected chi connectivity index (χ1v) is 11.0. The van der Waals surface area contributed by atoms with E-state index < -0.39 is 27.6 Å². The Morgan fingerprint density at radius 3 is 2.47 bits per heavy atom. The van der Waals surface area contributed by atoms with Crippen molar-refractivity contribution in [3.8, 4) is 0 Å². The minimum Gasteiger partial charge on any atom is -0.478 e. The number of ether oxygens (including phenoxy) is 1. The van der Waals surface area contributed by atoms with Crippen molar-refractivity contribution < 1.29 is 27.9 Å². The predicted molar refractivity (Wildman–Crippen MR) is 120 cm³/mol. The number of nitrogens with zero attached hydrogens (tertiary/aromatic N) is 2. The lowest BCUT2D eigenvalue weighted by molar-refractivity contribution is -0.148. The van der Waals surface area contributed by atoms with Crippen LogP contribution in [0.2, 0.25) is 0 Å². The molecule has 0 aliphatic rings. The van der Waals surface area contributed by atoms with E-state index in [-0.39, 0.29) is 10.5 Å². The third kappa shape index (κ3) is 5.50. The number of carboxylic acid groups (broad SMARTS) is 1. The topological polar surface area (TPSA) is 116 Å². The van der Waals surface area contributed by atoms with Gasteiger partial charge in [0.05, 0.1) is 4.90 Å². The fraction of sp³-hybridized carbons (Fsp3) is 0.174. The van der Waals surface area contributed by atoms with Crippen LogP contribution >= 0.6 is 0 Å².